The third-order valence-corrected chi connectivity index (χ3v) is 11.7. The van der Waals surface area contributed by atoms with Gasteiger partial charge in [0.25, 0.3) is 0 Å². The van der Waals surface area contributed by atoms with E-state index < -0.39 is 6.10 Å². The Hall–Kier alpha value is -0.660. The van der Waals surface area contributed by atoms with Gasteiger partial charge >= 0.3 is 0 Å². The number of aryl methyl sites for hydroxylation is 1. The van der Waals surface area contributed by atoms with Crippen LogP contribution < -0.4 is 0 Å². The molecule has 1 aromatic heterocycles. The van der Waals surface area contributed by atoms with Gasteiger partial charge in [0.2, 0.25) is 0 Å². The van der Waals surface area contributed by atoms with E-state index in [1.54, 1.807) is 18.4 Å². The molecule has 0 bridgehead atoms. The number of unbranched alkanes of at least 4 members (excludes halogenated alkanes) is 1. The van der Waals surface area contributed by atoms with E-state index in [2.05, 4.69) is 52.4 Å². The Morgan fingerprint density at radius 2 is 1.58 bits per heavy atom. The van der Waals surface area contributed by atoms with Crippen LogP contribution in [0.4, 0.5) is 0 Å². The summed E-state index contributed by atoms with van der Waals surface area (Å²) in [5.41, 5.74) is 0. The van der Waals surface area contributed by atoms with E-state index in [1.165, 1.54) is 4.88 Å². The minimum Gasteiger partial charge on any atom is -0.391 e. The van der Waals surface area contributed by atoms with Gasteiger partial charge in [-0.1, -0.05) is 24.3 Å². The number of hydrogen-bond acceptors (Lipinski definition) is 9. The van der Waals surface area contributed by atoms with Gasteiger partial charge in [-0.3, -0.25) is 0 Å². The van der Waals surface area contributed by atoms with E-state index in [-0.39, 0.29) is 49.0 Å². The highest BCUT2D eigenvalue weighted by Crippen LogP contribution is 2.42. The van der Waals surface area contributed by atoms with Crippen LogP contribution >= 0.6 is 27.3 Å². The molecule has 5 unspecified atom stereocenters. The molecule has 0 amide bonds. The number of halogens is 1. The fourth-order valence-corrected chi connectivity index (χ4v) is 8.79. The lowest BCUT2D eigenvalue weighted by Gasteiger charge is -2.30. The second kappa shape index (κ2) is 21.6. The first-order valence-corrected chi connectivity index (χ1v) is 20.2. The van der Waals surface area contributed by atoms with Crippen LogP contribution in [0.2, 0.25) is 0 Å². The topological polar surface area (TPSA) is 84.8 Å². The van der Waals surface area contributed by atoms with Crippen molar-refractivity contribution in [3.63, 3.8) is 0 Å². The van der Waals surface area contributed by atoms with Crippen LogP contribution in [0, 0.1) is 11.8 Å². The smallest absolute Gasteiger partial charge is 0.157 e. The molecule has 3 aliphatic heterocycles. The summed E-state index contributed by atoms with van der Waals surface area (Å²) in [4.78, 5) is 1.36. The highest BCUT2D eigenvalue weighted by Gasteiger charge is 2.45. The van der Waals surface area contributed by atoms with Crippen molar-refractivity contribution in [3.05, 3.63) is 45.1 Å². The number of thiophene rings is 1. The van der Waals surface area contributed by atoms with Crippen molar-refractivity contribution in [2.24, 2.45) is 11.8 Å². The molecule has 1 saturated carbocycles. The molecule has 4 fully saturated rings. The van der Waals surface area contributed by atoms with Gasteiger partial charge in [-0.25, -0.2) is 0 Å². The van der Waals surface area contributed by atoms with Gasteiger partial charge in [0, 0.05) is 44.1 Å². The van der Waals surface area contributed by atoms with E-state index in [0.717, 1.165) is 126 Å². The molecule has 0 radical (unpaired) electrons. The minimum atomic E-state index is -0.462. The van der Waals surface area contributed by atoms with Gasteiger partial charge < -0.3 is 38.3 Å². The standard InChI is InChI=1S/C38H59BrO8S/c1-41-29(17-19-30-20-22-35(39)48-30)18-21-32-31(13-5-3-2-4-12-28(40)27-45-36-14-6-9-23-42-36)33(46-37-15-7-10-24-43-37)26-34(32)47-38-16-8-11-25-44-38/h3,5,18,20-22,28-29,31-34,36-38,40H,2,4,6-17,19,23-27H2,1H3/t28?,29?,31-,32-,33+,34-,36?,37?,38?/m1/s1. The fraction of sp³-hybridized carbons (Fsp3) is 0.789. The summed E-state index contributed by atoms with van der Waals surface area (Å²) in [5.74, 6) is 0.417. The summed E-state index contributed by atoms with van der Waals surface area (Å²) < 4.78 is 44.1. The van der Waals surface area contributed by atoms with Crippen LogP contribution in [0.25, 0.3) is 0 Å². The second-order valence-corrected chi connectivity index (χ2v) is 16.3. The van der Waals surface area contributed by atoms with Crippen molar-refractivity contribution in [2.75, 3.05) is 33.5 Å². The molecular weight excluding hydrogens is 696 g/mol. The minimum absolute atomic E-state index is 0.00499. The van der Waals surface area contributed by atoms with Crippen molar-refractivity contribution in [2.45, 2.75) is 146 Å². The van der Waals surface area contributed by atoms with Crippen molar-refractivity contribution in [3.8, 4) is 0 Å². The van der Waals surface area contributed by atoms with E-state index in [0.29, 0.717) is 6.61 Å². The Labute approximate surface area is 301 Å². The first kappa shape index (κ1) is 38.6. The SMILES string of the molecule is COC(C=C[C@@H]1[C@@H](CC=CCCCC(O)COC2CCCCO2)[C@@H](OC2CCCCO2)C[C@H]1OC1CCCCO1)CCc1ccc(Br)s1. The summed E-state index contributed by atoms with van der Waals surface area (Å²) in [6.07, 6.45) is 24.0. The molecule has 5 rings (SSSR count). The van der Waals surface area contributed by atoms with E-state index in [1.807, 2.05) is 0 Å². The molecule has 3 saturated heterocycles. The van der Waals surface area contributed by atoms with Gasteiger partial charge in [-0.05, 0) is 130 Å². The van der Waals surface area contributed by atoms with Gasteiger partial charge in [-0.15, -0.1) is 11.3 Å². The van der Waals surface area contributed by atoms with E-state index >= 15 is 0 Å². The molecule has 0 spiro atoms. The summed E-state index contributed by atoms with van der Waals surface area (Å²) in [6, 6.07) is 4.30. The third-order valence-electron chi connectivity index (χ3n) is 10.0. The lowest BCUT2D eigenvalue weighted by Crippen LogP contribution is -2.31. The van der Waals surface area contributed by atoms with Crippen molar-refractivity contribution >= 4 is 27.3 Å². The number of hydrogen-bond donors (Lipinski definition) is 1. The number of methoxy groups -OCH3 is 1. The molecule has 8 nitrogen and oxygen atoms in total. The maximum absolute atomic E-state index is 10.4. The zero-order chi connectivity index (χ0) is 33.4. The van der Waals surface area contributed by atoms with Crippen LogP contribution in [0.5, 0.6) is 0 Å². The monoisotopic (exact) mass is 754 g/mol. The predicted molar refractivity (Wildman–Crippen MR) is 192 cm³/mol. The van der Waals surface area contributed by atoms with E-state index in [9.17, 15) is 5.11 Å². The molecule has 9 atom stereocenters. The lowest BCUT2D eigenvalue weighted by molar-refractivity contribution is -0.203. The predicted octanol–water partition coefficient (Wildman–Crippen LogP) is 8.49. The van der Waals surface area contributed by atoms with Crippen LogP contribution in [0.3, 0.4) is 0 Å². The van der Waals surface area contributed by atoms with Crippen LogP contribution in [-0.4, -0.2) is 81.9 Å². The Morgan fingerprint density at radius 3 is 2.21 bits per heavy atom. The van der Waals surface area contributed by atoms with Gasteiger partial charge in [0.1, 0.15) is 0 Å². The van der Waals surface area contributed by atoms with Gasteiger partial charge in [-0.2, -0.15) is 0 Å². The van der Waals surface area contributed by atoms with Crippen molar-refractivity contribution in [1.82, 2.24) is 0 Å². The van der Waals surface area contributed by atoms with E-state index in [4.69, 9.17) is 33.2 Å². The first-order valence-electron chi connectivity index (χ1n) is 18.6. The largest absolute Gasteiger partial charge is 0.391 e. The second-order valence-electron chi connectivity index (χ2n) is 13.7. The number of ether oxygens (including phenoxy) is 7. The van der Waals surface area contributed by atoms with Crippen LogP contribution in [0.15, 0.2) is 40.2 Å². The first-order chi connectivity index (χ1) is 23.6. The number of rotatable bonds is 19. The molecule has 1 aromatic rings. The zero-order valence-electron chi connectivity index (χ0n) is 28.9. The average molecular weight is 756 g/mol. The number of aliphatic hydroxyl groups excluding tert-OH is 1. The number of aliphatic hydroxyl groups is 1. The lowest BCUT2D eigenvalue weighted by atomic mass is 9.89. The van der Waals surface area contributed by atoms with Crippen LogP contribution in [0.1, 0.15) is 101 Å². The highest BCUT2D eigenvalue weighted by molar-refractivity contribution is 9.11. The fourth-order valence-electron chi connectivity index (χ4n) is 7.29. The average Bonchev–Trinajstić information content (AvgIpc) is 3.68. The third kappa shape index (κ3) is 13.1. The molecule has 1 N–H and O–H groups in total. The molecule has 1 aliphatic carbocycles. The number of allylic oxidation sites excluding steroid dienone is 2. The maximum atomic E-state index is 10.4. The summed E-state index contributed by atoms with van der Waals surface area (Å²) in [7, 11) is 1.80. The molecular formula is C38H59BrO8S. The van der Waals surface area contributed by atoms with Gasteiger partial charge in [0.05, 0.1) is 34.8 Å². The zero-order valence-corrected chi connectivity index (χ0v) is 31.3. The summed E-state index contributed by atoms with van der Waals surface area (Å²) in [5, 5.41) is 10.4. The van der Waals surface area contributed by atoms with Gasteiger partial charge in [0.15, 0.2) is 18.9 Å². The Kier molecular flexibility index (Phi) is 17.4. The molecule has 4 heterocycles. The molecule has 48 heavy (non-hydrogen) atoms. The Balaban J connectivity index is 1.20. The normalized spacial score (nSPS) is 31.5. The maximum Gasteiger partial charge on any atom is 0.157 e. The summed E-state index contributed by atoms with van der Waals surface area (Å²) >= 11 is 5.38. The molecule has 0 aromatic carbocycles. The summed E-state index contributed by atoms with van der Waals surface area (Å²) in [6.45, 7) is 2.62. The van der Waals surface area contributed by atoms with Crippen molar-refractivity contribution in [1.29, 1.82) is 0 Å². The Bertz CT molecular complexity index is 1060. The van der Waals surface area contributed by atoms with Crippen LogP contribution in [-0.2, 0) is 39.6 Å². The molecule has 4 aliphatic rings. The Morgan fingerprint density at radius 1 is 0.896 bits per heavy atom. The molecule has 272 valence electrons. The highest BCUT2D eigenvalue weighted by atomic mass is 79.9. The quantitative estimate of drug-likeness (QED) is 0.111. The van der Waals surface area contributed by atoms with Crippen molar-refractivity contribution < 1.29 is 38.3 Å². The molecule has 10 heteroatoms.